The van der Waals surface area contributed by atoms with Gasteiger partial charge in [-0.25, -0.2) is 0 Å². The maximum atomic E-state index is 9.30. The van der Waals surface area contributed by atoms with Crippen molar-refractivity contribution in [2.45, 2.75) is 68.2 Å². The molecule has 4 N–H and O–H groups in total. The van der Waals surface area contributed by atoms with Gasteiger partial charge in [-0.2, -0.15) is 0 Å². The maximum absolute atomic E-state index is 9.30. The van der Waals surface area contributed by atoms with Crippen LogP contribution in [0, 0.1) is 0 Å². The fourth-order valence-electron chi connectivity index (χ4n) is 4.81. The lowest BCUT2D eigenvalue weighted by Gasteiger charge is -2.27. The van der Waals surface area contributed by atoms with Crippen molar-refractivity contribution >= 4 is 20.5 Å². The lowest BCUT2D eigenvalue weighted by molar-refractivity contribution is 0.115. The first-order valence-electron chi connectivity index (χ1n) is 11.8. The second kappa shape index (κ2) is 13.4. The fraction of sp³-hybridized carbons (Fsp3) is 0.538. The highest BCUT2D eigenvalue weighted by Crippen LogP contribution is 2.37. The van der Waals surface area contributed by atoms with E-state index in [1.54, 1.807) is 0 Å². The van der Waals surface area contributed by atoms with E-state index in [9.17, 15) is 10.2 Å². The Morgan fingerprint density at radius 3 is 2.16 bits per heavy atom. The Kier molecular flexibility index (Phi) is 11.2. The minimum atomic E-state index is -1.14. The summed E-state index contributed by atoms with van der Waals surface area (Å²) in [6.07, 6.45) is 6.54. The second-order valence-electron chi connectivity index (χ2n) is 9.50. The van der Waals surface area contributed by atoms with Crippen LogP contribution in [0.5, 0.6) is 5.75 Å². The largest absolute Gasteiger partial charge is 0.494 e. The number of aryl methyl sites for hydroxylation is 1. The number of ether oxygens (including phenoxy) is 1. The predicted molar refractivity (Wildman–Crippen MR) is 137 cm³/mol. The smallest absolute Gasteiger partial charge is 0.119 e. The molecule has 2 aromatic rings. The molecule has 1 heterocycles. The van der Waals surface area contributed by atoms with Gasteiger partial charge in [0.1, 0.15) is 5.75 Å². The highest BCUT2D eigenvalue weighted by atomic mass is 35.5. The Bertz CT molecular complexity index is 762. The molecular weight excluding hydrogens is 438 g/mol. The van der Waals surface area contributed by atoms with Crippen LogP contribution in [0.1, 0.15) is 43.2 Å². The first-order valence-corrected chi connectivity index (χ1v) is 14.7. The van der Waals surface area contributed by atoms with E-state index in [2.05, 4.69) is 30.3 Å². The van der Waals surface area contributed by atoms with Gasteiger partial charge in [0.05, 0.1) is 33.4 Å². The third-order valence-electron chi connectivity index (χ3n) is 6.92. The molecule has 0 unspecified atom stereocenters. The second-order valence-corrected chi connectivity index (χ2v) is 14.4. The SMILES string of the molecule is Cl.NC(CO)(CO)CCc1ccc(OCCCC[Si]2(Cc3ccccc3)CCCC2)cc1. The summed E-state index contributed by atoms with van der Waals surface area (Å²) in [5.74, 6) is 0.907. The zero-order valence-electron chi connectivity index (χ0n) is 19.2. The molecule has 0 atom stereocenters. The fourth-order valence-corrected chi connectivity index (χ4v) is 10.2. The summed E-state index contributed by atoms with van der Waals surface area (Å²) in [6, 6.07) is 25.0. The number of benzene rings is 2. The van der Waals surface area contributed by atoms with Gasteiger partial charge in [0.15, 0.2) is 0 Å². The van der Waals surface area contributed by atoms with Crippen LogP contribution in [-0.4, -0.2) is 43.6 Å². The molecule has 4 nitrogen and oxygen atoms in total. The first-order chi connectivity index (χ1) is 15.1. The summed E-state index contributed by atoms with van der Waals surface area (Å²) in [7, 11) is -1.14. The zero-order chi connectivity index (χ0) is 22.0. The molecule has 32 heavy (non-hydrogen) atoms. The number of rotatable bonds is 13. The molecular formula is C26H40ClNO3Si. The van der Waals surface area contributed by atoms with Crippen molar-refractivity contribution in [1.29, 1.82) is 0 Å². The van der Waals surface area contributed by atoms with Gasteiger partial charge in [-0.05, 0) is 43.0 Å². The van der Waals surface area contributed by atoms with Crippen molar-refractivity contribution < 1.29 is 14.9 Å². The van der Waals surface area contributed by atoms with Crippen molar-refractivity contribution in [3.63, 3.8) is 0 Å². The van der Waals surface area contributed by atoms with Crippen LogP contribution in [0.15, 0.2) is 54.6 Å². The molecule has 0 aliphatic carbocycles. The molecule has 1 aliphatic rings. The molecule has 1 fully saturated rings. The molecule has 1 aliphatic heterocycles. The maximum Gasteiger partial charge on any atom is 0.119 e. The lowest BCUT2D eigenvalue weighted by Crippen LogP contribution is -2.47. The van der Waals surface area contributed by atoms with Crippen molar-refractivity contribution in [3.05, 3.63) is 65.7 Å². The van der Waals surface area contributed by atoms with E-state index < -0.39 is 13.6 Å². The summed E-state index contributed by atoms with van der Waals surface area (Å²) < 4.78 is 5.98. The van der Waals surface area contributed by atoms with Crippen LogP contribution in [0.2, 0.25) is 18.1 Å². The van der Waals surface area contributed by atoms with Crippen LogP contribution in [0.3, 0.4) is 0 Å². The van der Waals surface area contributed by atoms with Gasteiger partial charge in [-0.1, -0.05) is 85.4 Å². The number of nitrogens with two attached hydrogens (primary N) is 1. The molecule has 0 saturated carbocycles. The summed E-state index contributed by atoms with van der Waals surface area (Å²) in [5.41, 5.74) is 7.71. The van der Waals surface area contributed by atoms with Crippen molar-refractivity contribution in [3.8, 4) is 5.75 Å². The molecule has 0 radical (unpaired) electrons. The van der Waals surface area contributed by atoms with E-state index in [4.69, 9.17) is 10.5 Å². The minimum absolute atomic E-state index is 0. The Morgan fingerprint density at radius 1 is 0.875 bits per heavy atom. The standard InChI is InChI=1S/C26H39NO3Si.ClH/c27-26(21-28,22-29)15-14-23-10-12-25(13-11-23)30-16-4-5-17-31(18-6-7-19-31)20-24-8-2-1-3-9-24;/h1-3,8-13,28-29H,4-7,14-22,27H2;1H. The van der Waals surface area contributed by atoms with Crippen molar-refractivity contribution in [2.24, 2.45) is 5.73 Å². The van der Waals surface area contributed by atoms with Gasteiger partial charge >= 0.3 is 0 Å². The lowest BCUT2D eigenvalue weighted by atomic mass is 9.94. The van der Waals surface area contributed by atoms with E-state index in [0.29, 0.717) is 6.42 Å². The average molecular weight is 478 g/mol. The molecule has 178 valence electrons. The molecule has 3 rings (SSSR count). The Labute approximate surface area is 200 Å². The molecule has 6 heteroatoms. The third kappa shape index (κ3) is 8.20. The van der Waals surface area contributed by atoms with Crippen LogP contribution < -0.4 is 10.5 Å². The van der Waals surface area contributed by atoms with E-state index >= 15 is 0 Å². The van der Waals surface area contributed by atoms with Crippen molar-refractivity contribution in [2.75, 3.05) is 19.8 Å². The average Bonchev–Trinajstić information content (AvgIpc) is 3.27. The zero-order valence-corrected chi connectivity index (χ0v) is 21.0. The first kappa shape index (κ1) is 26.9. The van der Waals surface area contributed by atoms with Crippen LogP contribution in [0.25, 0.3) is 0 Å². The van der Waals surface area contributed by atoms with Gasteiger partial charge in [0.25, 0.3) is 0 Å². The topological polar surface area (TPSA) is 75.7 Å². The monoisotopic (exact) mass is 477 g/mol. The van der Waals surface area contributed by atoms with Crippen LogP contribution in [-0.2, 0) is 12.5 Å². The number of aliphatic hydroxyl groups excluding tert-OH is 2. The van der Waals surface area contributed by atoms with E-state index in [1.807, 2.05) is 24.3 Å². The van der Waals surface area contributed by atoms with Gasteiger partial charge in [0.2, 0.25) is 0 Å². The molecule has 0 spiro atoms. The highest BCUT2D eigenvalue weighted by molar-refractivity contribution is 6.80. The van der Waals surface area contributed by atoms with Gasteiger partial charge < -0.3 is 20.7 Å². The number of halogens is 1. The molecule has 0 bridgehead atoms. The third-order valence-corrected chi connectivity index (χ3v) is 12.3. The number of unbranched alkanes of at least 4 members (excludes halogenated alkanes) is 1. The molecule has 0 amide bonds. The Balaban J connectivity index is 0.00000363. The Hall–Kier alpha value is -1.37. The number of hydrogen-bond donors (Lipinski definition) is 3. The van der Waals surface area contributed by atoms with Gasteiger partial charge in [0, 0.05) is 0 Å². The minimum Gasteiger partial charge on any atom is -0.494 e. The summed E-state index contributed by atoms with van der Waals surface area (Å²) in [6.45, 7) is 0.358. The summed E-state index contributed by atoms with van der Waals surface area (Å²) >= 11 is 0. The number of aliphatic hydroxyl groups is 2. The Morgan fingerprint density at radius 2 is 1.53 bits per heavy atom. The van der Waals surface area contributed by atoms with Crippen LogP contribution in [0.4, 0.5) is 0 Å². The summed E-state index contributed by atoms with van der Waals surface area (Å²) in [5, 5.41) is 18.6. The van der Waals surface area contributed by atoms with Crippen molar-refractivity contribution in [1.82, 2.24) is 0 Å². The quantitative estimate of drug-likeness (QED) is 0.283. The predicted octanol–water partition coefficient (Wildman–Crippen LogP) is 4.91. The van der Waals surface area contributed by atoms with Crippen LogP contribution >= 0.6 is 12.4 Å². The summed E-state index contributed by atoms with van der Waals surface area (Å²) in [4.78, 5) is 0. The van der Waals surface area contributed by atoms with Gasteiger partial charge in [-0.3, -0.25) is 0 Å². The molecule has 2 aromatic carbocycles. The van der Waals surface area contributed by atoms with E-state index in [0.717, 1.165) is 30.8 Å². The number of hydrogen-bond acceptors (Lipinski definition) is 4. The highest BCUT2D eigenvalue weighted by Gasteiger charge is 2.35. The van der Waals surface area contributed by atoms with E-state index in [1.165, 1.54) is 49.0 Å². The normalized spacial score (nSPS) is 15.3. The van der Waals surface area contributed by atoms with E-state index in [-0.39, 0.29) is 25.6 Å². The van der Waals surface area contributed by atoms with Gasteiger partial charge in [-0.15, -0.1) is 12.4 Å². The molecule has 0 aromatic heterocycles. The molecule has 1 saturated heterocycles.